The minimum Gasteiger partial charge on any atom is -0.462 e. The molecule has 1 N–H and O–H groups in total. The van der Waals surface area contributed by atoms with Crippen molar-refractivity contribution in [1.82, 2.24) is 0 Å². The molecule has 1 aromatic heterocycles. The average Bonchev–Trinajstić information content (AvgIpc) is 3.17. The second-order valence-corrected chi connectivity index (χ2v) is 8.43. The number of non-ortho nitro benzene ring substituents is 1. The molecule has 0 unspecified atom stereocenters. The molecule has 170 valence electrons. The van der Waals surface area contributed by atoms with Gasteiger partial charge in [-0.1, -0.05) is 28.1 Å². The third-order valence-corrected chi connectivity index (χ3v) is 5.93. The molecule has 3 rings (SSSR count). The summed E-state index contributed by atoms with van der Waals surface area (Å²) in [4.78, 5) is 46.0. The molecule has 0 bridgehead atoms. The van der Waals surface area contributed by atoms with Gasteiger partial charge in [-0.2, -0.15) is 0 Å². The van der Waals surface area contributed by atoms with Crippen molar-refractivity contribution >= 4 is 55.5 Å². The topological polar surface area (TPSA) is 142 Å². The summed E-state index contributed by atoms with van der Waals surface area (Å²) in [5.41, 5.74) is 0.507. The van der Waals surface area contributed by atoms with Crippen molar-refractivity contribution in [3.63, 3.8) is 0 Å². The molecule has 0 aliphatic heterocycles. The smallest absolute Gasteiger partial charge is 0.341 e. The number of hydrogen-bond acceptors (Lipinski definition) is 8. The van der Waals surface area contributed by atoms with Gasteiger partial charge in [0.1, 0.15) is 10.6 Å². The summed E-state index contributed by atoms with van der Waals surface area (Å²) in [5, 5.41) is 26.8. The number of anilines is 1. The van der Waals surface area contributed by atoms with Crippen LogP contribution in [-0.4, -0.2) is 28.3 Å². The lowest BCUT2D eigenvalue weighted by molar-refractivity contribution is -0.394. The zero-order chi connectivity index (χ0) is 24.1. The Morgan fingerprint density at radius 3 is 2.39 bits per heavy atom. The highest BCUT2D eigenvalue weighted by Gasteiger charge is 2.25. The van der Waals surface area contributed by atoms with Crippen molar-refractivity contribution < 1.29 is 24.2 Å². The first-order valence-electron chi connectivity index (χ1n) is 9.47. The Morgan fingerprint density at radius 1 is 1.09 bits per heavy atom. The van der Waals surface area contributed by atoms with Gasteiger partial charge in [-0.25, -0.2) is 4.79 Å². The lowest BCUT2D eigenvalue weighted by Crippen LogP contribution is -2.17. The van der Waals surface area contributed by atoms with Crippen LogP contribution in [0.15, 0.2) is 52.3 Å². The highest BCUT2D eigenvalue weighted by Crippen LogP contribution is 2.37. The molecule has 2 aromatic carbocycles. The summed E-state index contributed by atoms with van der Waals surface area (Å²) >= 11 is 4.47. The molecule has 10 nitrogen and oxygen atoms in total. The Bertz CT molecular complexity index is 1240. The van der Waals surface area contributed by atoms with Crippen molar-refractivity contribution in [2.45, 2.75) is 13.3 Å². The normalized spacial score (nSPS) is 10.5. The molecule has 0 aliphatic rings. The monoisotopic (exact) mass is 533 g/mol. The minimum absolute atomic E-state index is 0.00507. The molecular weight excluding hydrogens is 518 g/mol. The van der Waals surface area contributed by atoms with Crippen LogP contribution in [0.1, 0.15) is 22.8 Å². The Balaban J connectivity index is 1.91. The van der Waals surface area contributed by atoms with E-state index in [0.717, 1.165) is 33.5 Å². The van der Waals surface area contributed by atoms with E-state index in [9.17, 15) is 29.8 Å². The quantitative estimate of drug-likeness (QED) is 0.233. The van der Waals surface area contributed by atoms with Crippen LogP contribution in [0.4, 0.5) is 16.4 Å². The number of nitrogens with one attached hydrogen (secondary N) is 1. The Labute approximate surface area is 199 Å². The van der Waals surface area contributed by atoms with Gasteiger partial charge in [-0.15, -0.1) is 11.3 Å². The molecular formula is C21H16BrN3O7S. The van der Waals surface area contributed by atoms with E-state index in [4.69, 9.17) is 4.74 Å². The first-order chi connectivity index (χ1) is 15.7. The number of nitro benzene ring substituents is 2. The van der Waals surface area contributed by atoms with E-state index in [1.54, 1.807) is 24.4 Å². The molecule has 0 saturated heterocycles. The van der Waals surface area contributed by atoms with Crippen LogP contribution in [0.25, 0.3) is 11.1 Å². The molecule has 1 amide bonds. The van der Waals surface area contributed by atoms with Crippen molar-refractivity contribution in [2.75, 3.05) is 11.9 Å². The molecule has 0 spiro atoms. The third-order valence-electron chi connectivity index (χ3n) is 4.51. The number of ether oxygens (including phenoxy) is 1. The van der Waals surface area contributed by atoms with Crippen LogP contribution in [0.5, 0.6) is 0 Å². The van der Waals surface area contributed by atoms with E-state index in [1.807, 2.05) is 12.1 Å². The van der Waals surface area contributed by atoms with E-state index >= 15 is 0 Å². The predicted molar refractivity (Wildman–Crippen MR) is 125 cm³/mol. The molecule has 0 radical (unpaired) electrons. The van der Waals surface area contributed by atoms with Crippen LogP contribution in [0.3, 0.4) is 0 Å². The first kappa shape index (κ1) is 24.0. The Hall–Kier alpha value is -3.64. The van der Waals surface area contributed by atoms with Crippen molar-refractivity contribution in [2.24, 2.45) is 0 Å². The van der Waals surface area contributed by atoms with Gasteiger partial charge in [-0.3, -0.25) is 25.0 Å². The second kappa shape index (κ2) is 10.3. The molecule has 33 heavy (non-hydrogen) atoms. The number of nitrogens with zero attached hydrogens (tertiary/aromatic N) is 2. The zero-order valence-corrected chi connectivity index (χ0v) is 19.5. The SMILES string of the molecule is CCOC(=O)c1c(-c2ccc(Br)cc2)csc1NC(=O)Cc1ccc([N+](=O)[O-])cc1[N+](=O)[O-]. The summed E-state index contributed by atoms with van der Waals surface area (Å²) in [6, 6.07) is 10.3. The van der Waals surface area contributed by atoms with Gasteiger partial charge in [0.2, 0.25) is 5.91 Å². The Kier molecular flexibility index (Phi) is 7.51. The van der Waals surface area contributed by atoms with Gasteiger partial charge in [0.15, 0.2) is 0 Å². The fourth-order valence-electron chi connectivity index (χ4n) is 3.03. The summed E-state index contributed by atoms with van der Waals surface area (Å²) in [7, 11) is 0. The minimum atomic E-state index is -0.781. The summed E-state index contributed by atoms with van der Waals surface area (Å²) in [6.45, 7) is 1.80. The lowest BCUT2D eigenvalue weighted by Gasteiger charge is -2.09. The molecule has 3 aromatic rings. The van der Waals surface area contributed by atoms with Gasteiger partial charge < -0.3 is 10.1 Å². The Morgan fingerprint density at radius 2 is 1.79 bits per heavy atom. The number of esters is 1. The molecule has 1 heterocycles. The zero-order valence-electron chi connectivity index (χ0n) is 17.1. The molecule has 0 fully saturated rings. The molecule has 0 aliphatic carbocycles. The maximum atomic E-state index is 12.7. The van der Waals surface area contributed by atoms with Crippen LogP contribution < -0.4 is 5.32 Å². The van der Waals surface area contributed by atoms with Crippen LogP contribution in [0.2, 0.25) is 0 Å². The van der Waals surface area contributed by atoms with Crippen LogP contribution in [-0.2, 0) is 16.0 Å². The van der Waals surface area contributed by atoms with E-state index in [0.29, 0.717) is 5.56 Å². The summed E-state index contributed by atoms with van der Waals surface area (Å²) < 4.78 is 6.01. The number of amides is 1. The number of hydrogen-bond donors (Lipinski definition) is 1. The lowest BCUT2D eigenvalue weighted by atomic mass is 10.0. The summed E-state index contributed by atoms with van der Waals surface area (Å²) in [6.07, 6.45) is -0.415. The average molecular weight is 534 g/mol. The third kappa shape index (κ3) is 5.59. The largest absolute Gasteiger partial charge is 0.462 e. The van der Waals surface area contributed by atoms with E-state index in [2.05, 4.69) is 21.2 Å². The fraction of sp³-hybridized carbons (Fsp3) is 0.143. The van der Waals surface area contributed by atoms with Crippen molar-refractivity contribution in [1.29, 1.82) is 0 Å². The number of benzene rings is 2. The maximum absolute atomic E-state index is 12.7. The number of halogens is 1. The highest BCUT2D eigenvalue weighted by atomic mass is 79.9. The van der Waals surface area contributed by atoms with Crippen molar-refractivity contribution in [3.8, 4) is 11.1 Å². The molecule has 0 saturated carbocycles. The second-order valence-electron chi connectivity index (χ2n) is 6.63. The van der Waals surface area contributed by atoms with Gasteiger partial charge in [0.25, 0.3) is 11.4 Å². The number of carbonyl (C=O) groups is 2. The molecule has 12 heteroatoms. The van der Waals surface area contributed by atoms with Crippen LogP contribution >= 0.6 is 27.3 Å². The standard InChI is InChI=1S/C21H16BrN3O7S/c1-2-32-21(27)19-16(12-3-6-14(22)7-4-12)11-33-20(19)23-18(26)9-13-5-8-15(24(28)29)10-17(13)25(30)31/h3-8,10-11H,2,9H2,1H3,(H,23,26). The number of rotatable bonds is 8. The highest BCUT2D eigenvalue weighted by molar-refractivity contribution is 9.10. The number of carbonyl (C=O) groups excluding carboxylic acids is 2. The van der Waals surface area contributed by atoms with Gasteiger partial charge in [0, 0.05) is 27.0 Å². The summed E-state index contributed by atoms with van der Waals surface area (Å²) in [5.74, 6) is -1.24. The van der Waals surface area contributed by atoms with Crippen LogP contribution in [0, 0.1) is 20.2 Å². The van der Waals surface area contributed by atoms with Gasteiger partial charge >= 0.3 is 5.97 Å². The van der Waals surface area contributed by atoms with Gasteiger partial charge in [0.05, 0.1) is 28.9 Å². The van der Waals surface area contributed by atoms with E-state index in [1.165, 1.54) is 6.07 Å². The number of thiophene rings is 1. The van der Waals surface area contributed by atoms with Gasteiger partial charge in [-0.05, 0) is 30.7 Å². The predicted octanol–water partition coefficient (Wildman–Crippen LogP) is 5.35. The fourth-order valence-corrected chi connectivity index (χ4v) is 4.26. The molecule has 0 atom stereocenters. The first-order valence-corrected chi connectivity index (χ1v) is 11.1. The van der Waals surface area contributed by atoms with E-state index < -0.39 is 39.5 Å². The number of nitro groups is 2. The van der Waals surface area contributed by atoms with Crippen molar-refractivity contribution in [3.05, 3.63) is 83.7 Å². The van der Waals surface area contributed by atoms with E-state index in [-0.39, 0.29) is 22.7 Å². The maximum Gasteiger partial charge on any atom is 0.341 e.